The van der Waals surface area contributed by atoms with Gasteiger partial charge in [0.05, 0.1) is 12.0 Å². The first kappa shape index (κ1) is 14.8. The maximum Gasteiger partial charge on any atom is 0.227 e. The molecule has 5 heteroatoms. The van der Waals surface area contributed by atoms with E-state index in [4.69, 9.17) is 14.2 Å². The molecule has 1 heterocycles. The first-order valence-electron chi connectivity index (χ1n) is 6.72. The van der Waals surface area contributed by atoms with Crippen LogP contribution < -0.4 is 10.1 Å². The van der Waals surface area contributed by atoms with Crippen molar-refractivity contribution >= 4 is 5.91 Å². The molecule has 0 fully saturated rings. The van der Waals surface area contributed by atoms with E-state index >= 15 is 0 Å². The number of hydrogen-bond donors (Lipinski definition) is 1. The van der Waals surface area contributed by atoms with Crippen LogP contribution in [0.1, 0.15) is 12.5 Å². The fourth-order valence-electron chi connectivity index (χ4n) is 2.41. The number of carbonyl (C=O) groups is 1. The van der Waals surface area contributed by atoms with E-state index < -0.39 is 6.29 Å². The third kappa shape index (κ3) is 3.29. The van der Waals surface area contributed by atoms with Crippen molar-refractivity contribution in [2.24, 2.45) is 5.92 Å². The monoisotopic (exact) mass is 279 g/mol. The molecule has 2 atom stereocenters. The normalized spacial score (nSPS) is 19.1. The molecule has 1 N–H and O–H groups in total. The van der Waals surface area contributed by atoms with Crippen LogP contribution >= 0.6 is 0 Å². The Bertz CT molecular complexity index is 459. The van der Waals surface area contributed by atoms with Gasteiger partial charge in [-0.25, -0.2) is 0 Å². The molecule has 0 radical (unpaired) electrons. The van der Waals surface area contributed by atoms with Gasteiger partial charge in [0, 0.05) is 14.2 Å². The fraction of sp³-hybridized carbons (Fsp3) is 0.533. The van der Waals surface area contributed by atoms with Gasteiger partial charge in [0.15, 0.2) is 6.29 Å². The minimum Gasteiger partial charge on any atom is -0.492 e. The minimum atomic E-state index is -0.448. The van der Waals surface area contributed by atoms with E-state index in [9.17, 15) is 4.79 Å². The van der Waals surface area contributed by atoms with Crippen LogP contribution in [0.3, 0.4) is 0 Å². The van der Waals surface area contributed by atoms with Crippen molar-refractivity contribution in [1.29, 1.82) is 0 Å². The Morgan fingerprint density at radius 2 is 2.05 bits per heavy atom. The SMILES string of the molecule is COC(OC)C(C)NC(=O)C1COc2ccccc2C1. The molecule has 20 heavy (non-hydrogen) atoms. The van der Waals surface area contributed by atoms with Crippen molar-refractivity contribution in [2.45, 2.75) is 25.7 Å². The second-order valence-corrected chi connectivity index (χ2v) is 4.96. The number of hydrogen-bond acceptors (Lipinski definition) is 4. The van der Waals surface area contributed by atoms with Crippen molar-refractivity contribution < 1.29 is 19.0 Å². The van der Waals surface area contributed by atoms with Crippen LogP contribution in [-0.2, 0) is 20.7 Å². The van der Waals surface area contributed by atoms with Gasteiger partial charge in [-0.05, 0) is 25.0 Å². The number of fused-ring (bicyclic) bond motifs is 1. The predicted molar refractivity (Wildman–Crippen MR) is 74.5 cm³/mol. The number of carbonyl (C=O) groups excluding carboxylic acids is 1. The molecule has 0 saturated heterocycles. The zero-order valence-corrected chi connectivity index (χ0v) is 12.1. The molecule has 0 aliphatic carbocycles. The molecular weight excluding hydrogens is 258 g/mol. The van der Waals surface area contributed by atoms with Gasteiger partial charge >= 0.3 is 0 Å². The molecule has 1 aliphatic heterocycles. The quantitative estimate of drug-likeness (QED) is 0.827. The molecule has 0 bridgehead atoms. The number of rotatable bonds is 5. The number of ether oxygens (including phenoxy) is 3. The van der Waals surface area contributed by atoms with Gasteiger partial charge in [-0.1, -0.05) is 18.2 Å². The molecule has 1 aromatic rings. The molecule has 1 aromatic carbocycles. The third-order valence-corrected chi connectivity index (χ3v) is 3.49. The van der Waals surface area contributed by atoms with Crippen LogP contribution in [-0.4, -0.2) is 39.1 Å². The Morgan fingerprint density at radius 3 is 2.75 bits per heavy atom. The zero-order valence-electron chi connectivity index (χ0n) is 12.1. The molecule has 0 aromatic heterocycles. The number of benzene rings is 1. The Morgan fingerprint density at radius 1 is 1.35 bits per heavy atom. The highest BCUT2D eigenvalue weighted by Gasteiger charge is 2.28. The Hall–Kier alpha value is -1.59. The summed E-state index contributed by atoms with van der Waals surface area (Å²) >= 11 is 0. The lowest BCUT2D eigenvalue weighted by molar-refractivity contribution is -0.139. The summed E-state index contributed by atoms with van der Waals surface area (Å²) in [5.74, 6) is 0.657. The standard InChI is InChI=1S/C15H21NO4/c1-10(15(18-2)19-3)16-14(17)12-8-11-6-4-5-7-13(11)20-9-12/h4-7,10,12,15H,8-9H2,1-3H3,(H,16,17). The second kappa shape index (κ2) is 6.72. The van der Waals surface area contributed by atoms with Crippen LogP contribution in [0.15, 0.2) is 24.3 Å². The van der Waals surface area contributed by atoms with Crippen molar-refractivity contribution in [3.8, 4) is 5.75 Å². The van der Waals surface area contributed by atoms with E-state index in [1.807, 2.05) is 31.2 Å². The summed E-state index contributed by atoms with van der Waals surface area (Å²) in [7, 11) is 3.10. The summed E-state index contributed by atoms with van der Waals surface area (Å²) in [6.07, 6.45) is 0.245. The molecule has 0 saturated carbocycles. The molecule has 2 unspecified atom stereocenters. The van der Waals surface area contributed by atoms with Crippen LogP contribution in [0, 0.1) is 5.92 Å². The lowest BCUT2D eigenvalue weighted by atomic mass is 9.96. The molecule has 0 spiro atoms. The van der Waals surface area contributed by atoms with Crippen molar-refractivity contribution in [3.05, 3.63) is 29.8 Å². The van der Waals surface area contributed by atoms with Crippen LogP contribution in [0.4, 0.5) is 0 Å². The van der Waals surface area contributed by atoms with Gasteiger partial charge in [0.25, 0.3) is 0 Å². The summed E-state index contributed by atoms with van der Waals surface area (Å²) in [6.45, 7) is 2.26. The van der Waals surface area contributed by atoms with Gasteiger partial charge in [0.2, 0.25) is 5.91 Å². The summed E-state index contributed by atoms with van der Waals surface area (Å²) in [5.41, 5.74) is 1.07. The van der Waals surface area contributed by atoms with Gasteiger partial charge in [-0.15, -0.1) is 0 Å². The third-order valence-electron chi connectivity index (χ3n) is 3.49. The average molecular weight is 279 g/mol. The number of nitrogens with one attached hydrogen (secondary N) is 1. The molecule has 2 rings (SSSR count). The fourth-order valence-corrected chi connectivity index (χ4v) is 2.41. The zero-order chi connectivity index (χ0) is 14.5. The van der Waals surface area contributed by atoms with Crippen molar-refractivity contribution in [2.75, 3.05) is 20.8 Å². The van der Waals surface area contributed by atoms with Crippen LogP contribution in [0.5, 0.6) is 5.75 Å². The van der Waals surface area contributed by atoms with Gasteiger partial charge < -0.3 is 19.5 Å². The van der Waals surface area contributed by atoms with Crippen molar-refractivity contribution in [3.63, 3.8) is 0 Å². The van der Waals surface area contributed by atoms with Crippen molar-refractivity contribution in [1.82, 2.24) is 5.32 Å². The molecule has 1 amide bonds. The smallest absolute Gasteiger partial charge is 0.227 e. The van der Waals surface area contributed by atoms with E-state index in [-0.39, 0.29) is 17.9 Å². The van der Waals surface area contributed by atoms with Gasteiger partial charge in [-0.3, -0.25) is 4.79 Å². The maximum atomic E-state index is 12.3. The first-order valence-corrected chi connectivity index (χ1v) is 6.72. The van der Waals surface area contributed by atoms with Gasteiger partial charge in [-0.2, -0.15) is 0 Å². The first-order chi connectivity index (χ1) is 9.65. The van der Waals surface area contributed by atoms with E-state index in [1.54, 1.807) is 14.2 Å². The Kier molecular flexibility index (Phi) is 4.98. The van der Waals surface area contributed by atoms with E-state index in [0.29, 0.717) is 13.0 Å². The topological polar surface area (TPSA) is 56.8 Å². The van der Waals surface area contributed by atoms with E-state index in [2.05, 4.69) is 5.32 Å². The lowest BCUT2D eigenvalue weighted by Crippen LogP contribution is -2.47. The number of methoxy groups -OCH3 is 2. The summed E-state index contributed by atoms with van der Waals surface area (Å²) in [6, 6.07) is 7.60. The highest BCUT2D eigenvalue weighted by molar-refractivity contribution is 5.79. The van der Waals surface area contributed by atoms with Crippen LogP contribution in [0.2, 0.25) is 0 Å². The van der Waals surface area contributed by atoms with Gasteiger partial charge in [0.1, 0.15) is 12.4 Å². The Labute approximate surface area is 119 Å². The Balaban J connectivity index is 1.95. The van der Waals surface area contributed by atoms with E-state index in [0.717, 1.165) is 11.3 Å². The summed E-state index contributed by atoms with van der Waals surface area (Å²) in [4.78, 5) is 12.3. The molecule has 110 valence electrons. The van der Waals surface area contributed by atoms with E-state index in [1.165, 1.54) is 0 Å². The summed E-state index contributed by atoms with van der Waals surface area (Å²) < 4.78 is 15.9. The molecular formula is C15H21NO4. The second-order valence-electron chi connectivity index (χ2n) is 4.96. The predicted octanol–water partition coefficient (Wildman–Crippen LogP) is 1.36. The largest absolute Gasteiger partial charge is 0.492 e. The minimum absolute atomic E-state index is 0.0360. The average Bonchev–Trinajstić information content (AvgIpc) is 2.48. The highest BCUT2D eigenvalue weighted by atomic mass is 16.7. The molecule has 1 aliphatic rings. The number of para-hydroxylation sites is 1. The van der Waals surface area contributed by atoms with Crippen LogP contribution in [0.25, 0.3) is 0 Å². The molecule has 5 nitrogen and oxygen atoms in total. The lowest BCUT2D eigenvalue weighted by Gasteiger charge is -2.27. The number of amides is 1. The highest BCUT2D eigenvalue weighted by Crippen LogP contribution is 2.26. The summed E-state index contributed by atoms with van der Waals surface area (Å²) in [5, 5.41) is 2.91. The maximum absolute atomic E-state index is 12.3.